The molecule has 0 aliphatic heterocycles. The number of primary amides is 1. The molecule has 1 amide bonds. The van der Waals surface area contributed by atoms with Gasteiger partial charge >= 0.3 is 0 Å². The molecule has 1 spiro atoms. The van der Waals surface area contributed by atoms with Crippen LogP contribution in [0.15, 0.2) is 42.9 Å². The van der Waals surface area contributed by atoms with Crippen LogP contribution >= 0.6 is 0 Å². The second kappa shape index (κ2) is 7.12. The number of pyridine rings is 1. The minimum Gasteiger partial charge on any atom is -0.497 e. The van der Waals surface area contributed by atoms with Crippen molar-refractivity contribution in [1.82, 2.24) is 15.0 Å². The van der Waals surface area contributed by atoms with E-state index >= 15 is 0 Å². The fourth-order valence-electron chi connectivity index (χ4n) is 4.71. The third-order valence-electron chi connectivity index (χ3n) is 6.18. The summed E-state index contributed by atoms with van der Waals surface area (Å²) in [5.41, 5.74) is 6.90. The summed E-state index contributed by atoms with van der Waals surface area (Å²) < 4.78 is 11.2. The maximum absolute atomic E-state index is 11.5. The average Bonchev–Trinajstić information content (AvgIpc) is 2.70. The number of ether oxygens (including phenoxy) is 2. The highest BCUT2D eigenvalue weighted by Gasteiger charge is 2.54. The molecule has 2 fully saturated rings. The van der Waals surface area contributed by atoms with Crippen LogP contribution in [0.3, 0.4) is 0 Å². The maximum Gasteiger partial charge on any atom is 0.254 e. The number of nitrogens with two attached hydrogens (primary N) is 1. The third kappa shape index (κ3) is 3.28. The van der Waals surface area contributed by atoms with Gasteiger partial charge in [0.1, 0.15) is 29.6 Å². The van der Waals surface area contributed by atoms with Gasteiger partial charge in [0.25, 0.3) is 5.91 Å². The van der Waals surface area contributed by atoms with Crippen LogP contribution in [0.5, 0.6) is 11.6 Å². The number of fused-ring (bicyclic) bond motifs is 1. The molecule has 0 atom stereocenters. The summed E-state index contributed by atoms with van der Waals surface area (Å²) in [5.74, 6) is 1.45. The van der Waals surface area contributed by atoms with Crippen molar-refractivity contribution in [2.75, 3.05) is 12.4 Å². The van der Waals surface area contributed by atoms with Crippen molar-refractivity contribution in [3.63, 3.8) is 0 Å². The second-order valence-corrected chi connectivity index (χ2v) is 8.22. The lowest BCUT2D eigenvalue weighted by Crippen LogP contribution is -2.56. The summed E-state index contributed by atoms with van der Waals surface area (Å²) in [5, 5.41) is 4.55. The van der Waals surface area contributed by atoms with Gasteiger partial charge in [-0.3, -0.25) is 4.79 Å². The van der Waals surface area contributed by atoms with Crippen molar-refractivity contribution in [1.29, 1.82) is 0 Å². The molecular weight excluding hydrogens is 382 g/mol. The molecule has 154 valence electrons. The van der Waals surface area contributed by atoms with Gasteiger partial charge in [-0.25, -0.2) is 15.0 Å². The molecule has 30 heavy (non-hydrogen) atoms. The van der Waals surface area contributed by atoms with Gasteiger partial charge in [0.05, 0.1) is 12.6 Å². The molecule has 2 saturated carbocycles. The fourth-order valence-corrected chi connectivity index (χ4v) is 4.71. The largest absolute Gasteiger partial charge is 0.497 e. The van der Waals surface area contributed by atoms with Crippen molar-refractivity contribution < 1.29 is 14.3 Å². The van der Waals surface area contributed by atoms with Crippen molar-refractivity contribution >= 4 is 22.6 Å². The topological polar surface area (TPSA) is 112 Å². The van der Waals surface area contributed by atoms with Gasteiger partial charge in [0.15, 0.2) is 0 Å². The zero-order valence-electron chi connectivity index (χ0n) is 16.7. The Hall–Kier alpha value is -3.42. The van der Waals surface area contributed by atoms with E-state index in [0.717, 1.165) is 48.2 Å². The van der Waals surface area contributed by atoms with Gasteiger partial charge in [0.2, 0.25) is 5.88 Å². The fraction of sp³-hybridized carbons (Fsp3) is 0.364. The summed E-state index contributed by atoms with van der Waals surface area (Å²) in [7, 11) is 1.65. The van der Waals surface area contributed by atoms with Crippen molar-refractivity contribution in [2.45, 2.75) is 37.8 Å². The van der Waals surface area contributed by atoms with Gasteiger partial charge in [-0.05, 0) is 55.4 Å². The minimum absolute atomic E-state index is 0.0753. The Morgan fingerprint density at radius 1 is 1.17 bits per heavy atom. The van der Waals surface area contributed by atoms with Crippen LogP contribution in [-0.2, 0) is 0 Å². The highest BCUT2D eigenvalue weighted by atomic mass is 16.5. The van der Waals surface area contributed by atoms with E-state index in [1.54, 1.807) is 31.8 Å². The van der Waals surface area contributed by atoms with Gasteiger partial charge in [-0.2, -0.15) is 0 Å². The first-order valence-corrected chi connectivity index (χ1v) is 10.0. The van der Waals surface area contributed by atoms with Crippen LogP contribution in [-0.4, -0.2) is 40.1 Å². The number of carbonyl (C=O) groups is 1. The highest BCUT2D eigenvalue weighted by Crippen LogP contribution is 2.57. The summed E-state index contributed by atoms with van der Waals surface area (Å²) in [4.78, 5) is 24.5. The minimum atomic E-state index is -0.519. The molecule has 0 saturated heterocycles. The Kier molecular flexibility index (Phi) is 4.42. The van der Waals surface area contributed by atoms with E-state index < -0.39 is 5.91 Å². The number of aromatic nitrogens is 3. The Morgan fingerprint density at radius 3 is 2.77 bits per heavy atom. The predicted molar refractivity (Wildman–Crippen MR) is 112 cm³/mol. The Balaban J connectivity index is 1.19. The number of hydrogen-bond acceptors (Lipinski definition) is 7. The molecule has 0 unspecified atom stereocenters. The molecular formula is C22H23N5O3. The standard InChI is InChI=1S/C22H23N5O3/c1-29-14-4-5-16-18(7-14)25-12-26-20(16)27-13-8-22(9-13)10-15(11-22)30-21-17(19(23)28)3-2-6-24-21/h2-7,12-13,15H,8-11H2,1H3,(H2,23,28)(H,25,26,27). The normalized spacial score (nSPS) is 24.7. The molecule has 0 bridgehead atoms. The molecule has 3 aromatic rings. The smallest absolute Gasteiger partial charge is 0.254 e. The average molecular weight is 405 g/mol. The van der Waals surface area contributed by atoms with Gasteiger partial charge in [0, 0.05) is 23.7 Å². The lowest BCUT2D eigenvalue weighted by Gasteiger charge is -2.57. The van der Waals surface area contributed by atoms with E-state index in [9.17, 15) is 4.79 Å². The number of hydrogen-bond donors (Lipinski definition) is 2. The lowest BCUT2D eigenvalue weighted by atomic mass is 9.53. The summed E-state index contributed by atoms with van der Waals surface area (Å²) >= 11 is 0. The molecule has 2 heterocycles. The first kappa shape index (κ1) is 18.6. The first-order chi connectivity index (χ1) is 14.5. The predicted octanol–water partition coefficient (Wildman–Crippen LogP) is 2.93. The molecule has 8 nitrogen and oxygen atoms in total. The monoisotopic (exact) mass is 405 g/mol. The molecule has 1 aromatic carbocycles. The highest BCUT2D eigenvalue weighted by molar-refractivity contribution is 5.95. The molecule has 2 aromatic heterocycles. The van der Waals surface area contributed by atoms with E-state index in [0.29, 0.717) is 22.9 Å². The van der Waals surface area contributed by atoms with Crippen LogP contribution in [0.2, 0.25) is 0 Å². The SMILES string of the molecule is COc1ccc2c(NC3CC4(C3)CC(Oc3ncccc3C(N)=O)C4)ncnc2c1. The van der Waals surface area contributed by atoms with E-state index in [-0.39, 0.29) is 6.10 Å². The number of amides is 1. The summed E-state index contributed by atoms with van der Waals surface area (Å²) in [6.45, 7) is 0. The molecule has 5 rings (SSSR count). The Labute approximate surface area is 173 Å². The van der Waals surface area contributed by atoms with E-state index in [1.165, 1.54) is 0 Å². The molecule has 3 N–H and O–H groups in total. The second-order valence-electron chi connectivity index (χ2n) is 8.22. The quantitative estimate of drug-likeness (QED) is 0.648. The van der Waals surface area contributed by atoms with Gasteiger partial charge < -0.3 is 20.5 Å². The Bertz CT molecular complexity index is 1100. The number of rotatable bonds is 6. The van der Waals surface area contributed by atoms with E-state index in [4.69, 9.17) is 15.2 Å². The number of benzene rings is 1. The zero-order chi connectivity index (χ0) is 20.7. The third-order valence-corrected chi connectivity index (χ3v) is 6.18. The summed E-state index contributed by atoms with van der Waals surface area (Å²) in [6, 6.07) is 9.53. The van der Waals surface area contributed by atoms with Crippen LogP contribution in [0.4, 0.5) is 5.82 Å². The molecule has 2 aliphatic carbocycles. The lowest BCUT2D eigenvalue weighted by molar-refractivity contribution is -0.0759. The molecule has 8 heteroatoms. The van der Waals surface area contributed by atoms with E-state index in [2.05, 4.69) is 20.3 Å². The van der Waals surface area contributed by atoms with Crippen molar-refractivity contribution in [3.8, 4) is 11.6 Å². The Morgan fingerprint density at radius 2 is 2.00 bits per heavy atom. The number of methoxy groups -OCH3 is 1. The van der Waals surface area contributed by atoms with Crippen LogP contribution in [0.1, 0.15) is 36.0 Å². The van der Waals surface area contributed by atoms with Gasteiger partial charge in [-0.15, -0.1) is 0 Å². The molecule has 0 radical (unpaired) electrons. The van der Waals surface area contributed by atoms with Crippen LogP contribution in [0.25, 0.3) is 10.9 Å². The van der Waals surface area contributed by atoms with E-state index in [1.807, 2.05) is 18.2 Å². The number of anilines is 1. The molecule has 2 aliphatic rings. The number of carbonyl (C=O) groups excluding carboxylic acids is 1. The van der Waals surface area contributed by atoms with Gasteiger partial charge in [-0.1, -0.05) is 0 Å². The van der Waals surface area contributed by atoms with Crippen molar-refractivity contribution in [3.05, 3.63) is 48.4 Å². The number of nitrogens with zero attached hydrogens (tertiary/aromatic N) is 3. The first-order valence-electron chi connectivity index (χ1n) is 10.0. The van der Waals surface area contributed by atoms with Crippen LogP contribution in [0, 0.1) is 5.41 Å². The maximum atomic E-state index is 11.5. The summed E-state index contributed by atoms with van der Waals surface area (Å²) in [6.07, 6.45) is 7.32. The van der Waals surface area contributed by atoms with Crippen molar-refractivity contribution in [2.24, 2.45) is 11.1 Å². The number of nitrogens with one attached hydrogen (secondary N) is 1. The zero-order valence-corrected chi connectivity index (χ0v) is 16.7. The van der Waals surface area contributed by atoms with Crippen LogP contribution < -0.4 is 20.5 Å².